The quantitative estimate of drug-likeness (QED) is 0.570. The first kappa shape index (κ1) is 14.1. The first-order chi connectivity index (χ1) is 9.33. The molecule has 0 fully saturated rings. The maximum absolute atomic E-state index is 12.2. The van der Waals surface area contributed by atoms with Crippen molar-refractivity contribution in [1.82, 2.24) is 30.3 Å². The number of hydrogen-bond donors (Lipinski definition) is 4. The van der Waals surface area contributed by atoms with Crippen molar-refractivity contribution in [3.63, 3.8) is 0 Å². The second-order valence-electron chi connectivity index (χ2n) is 4.04. The first-order valence-electron chi connectivity index (χ1n) is 5.47. The Labute approximate surface area is 113 Å². The van der Waals surface area contributed by atoms with Gasteiger partial charge >= 0.3 is 5.97 Å². The molecule has 10 nitrogen and oxygen atoms in total. The molecule has 0 aliphatic rings. The van der Waals surface area contributed by atoms with E-state index in [-0.39, 0.29) is 34.2 Å². The lowest BCUT2D eigenvalue weighted by Crippen LogP contribution is -2.25. The van der Waals surface area contributed by atoms with Crippen molar-refractivity contribution in [3.05, 3.63) is 22.8 Å². The minimum atomic E-state index is -3.88. The summed E-state index contributed by atoms with van der Waals surface area (Å²) < 4.78 is 26.7. The molecule has 0 unspecified atom stereocenters. The lowest BCUT2D eigenvalue weighted by atomic mass is 10.2. The summed E-state index contributed by atoms with van der Waals surface area (Å²) in [5, 5.41) is 21.7. The number of nitrogens with one attached hydrogen (secondary N) is 3. The van der Waals surface area contributed by atoms with Crippen LogP contribution in [0.2, 0.25) is 0 Å². The highest BCUT2D eigenvalue weighted by atomic mass is 32.2. The van der Waals surface area contributed by atoms with Gasteiger partial charge in [0.05, 0.1) is 6.54 Å². The van der Waals surface area contributed by atoms with Crippen LogP contribution in [-0.2, 0) is 16.6 Å². The molecule has 108 valence electrons. The average molecular weight is 300 g/mol. The summed E-state index contributed by atoms with van der Waals surface area (Å²) in [7, 11) is -3.88. The largest absolute Gasteiger partial charge is 0.477 e. The molecule has 0 radical (unpaired) electrons. The van der Waals surface area contributed by atoms with Crippen molar-refractivity contribution >= 4 is 16.0 Å². The fourth-order valence-corrected chi connectivity index (χ4v) is 3.26. The molecule has 2 heterocycles. The van der Waals surface area contributed by atoms with Crippen LogP contribution in [0, 0.1) is 13.8 Å². The Morgan fingerprint density at radius 2 is 2.10 bits per heavy atom. The van der Waals surface area contributed by atoms with Crippen LogP contribution in [0.3, 0.4) is 0 Å². The van der Waals surface area contributed by atoms with Crippen molar-refractivity contribution in [3.8, 4) is 0 Å². The van der Waals surface area contributed by atoms with Gasteiger partial charge in [-0.2, -0.15) is 5.21 Å². The van der Waals surface area contributed by atoms with Gasteiger partial charge in [-0.05, 0) is 13.8 Å². The number of hydrogen-bond acceptors (Lipinski definition) is 6. The number of H-pyrrole nitrogens is 2. The van der Waals surface area contributed by atoms with Gasteiger partial charge in [0.25, 0.3) is 0 Å². The van der Waals surface area contributed by atoms with Gasteiger partial charge < -0.3 is 10.1 Å². The number of carbonyl (C=O) groups is 1. The first-order valence-corrected chi connectivity index (χ1v) is 6.95. The van der Waals surface area contributed by atoms with Crippen LogP contribution < -0.4 is 4.72 Å². The van der Waals surface area contributed by atoms with E-state index in [0.717, 1.165) is 0 Å². The highest BCUT2D eigenvalue weighted by molar-refractivity contribution is 7.89. The molecule has 0 atom stereocenters. The number of carboxylic acids is 1. The third-order valence-corrected chi connectivity index (χ3v) is 4.34. The summed E-state index contributed by atoms with van der Waals surface area (Å²) in [4.78, 5) is 13.4. The number of nitrogens with zero attached hydrogens (tertiary/aromatic N) is 3. The second-order valence-corrected chi connectivity index (χ2v) is 5.74. The fraction of sp³-hybridized carbons (Fsp3) is 0.333. The Morgan fingerprint density at radius 1 is 1.40 bits per heavy atom. The third-order valence-electron chi connectivity index (χ3n) is 2.66. The molecular formula is C9H12N6O4S. The van der Waals surface area contributed by atoms with Gasteiger partial charge in [-0.25, -0.2) is 17.9 Å². The van der Waals surface area contributed by atoms with E-state index in [9.17, 15) is 13.2 Å². The molecular weight excluding hydrogens is 288 g/mol. The lowest BCUT2D eigenvalue weighted by molar-refractivity contribution is 0.0690. The highest BCUT2D eigenvalue weighted by Gasteiger charge is 2.26. The van der Waals surface area contributed by atoms with Crippen molar-refractivity contribution < 1.29 is 18.3 Å². The molecule has 0 aliphatic heterocycles. The van der Waals surface area contributed by atoms with E-state index in [1.165, 1.54) is 13.8 Å². The van der Waals surface area contributed by atoms with Crippen LogP contribution in [-0.4, -0.2) is 45.1 Å². The normalized spacial score (nSPS) is 11.7. The summed E-state index contributed by atoms with van der Waals surface area (Å²) in [5.41, 5.74) is 0.249. The number of rotatable bonds is 5. The van der Waals surface area contributed by atoms with E-state index in [1.807, 2.05) is 0 Å². The molecule has 4 N–H and O–H groups in total. The predicted octanol–water partition coefficient (Wildman–Crippen LogP) is -0.679. The van der Waals surface area contributed by atoms with Gasteiger partial charge in [-0.3, -0.25) is 0 Å². The van der Waals surface area contributed by atoms with Crippen molar-refractivity contribution in [2.45, 2.75) is 25.3 Å². The van der Waals surface area contributed by atoms with Crippen LogP contribution in [0.4, 0.5) is 0 Å². The Hall–Kier alpha value is -2.27. The Kier molecular flexibility index (Phi) is 3.55. The monoisotopic (exact) mass is 300 g/mol. The maximum Gasteiger partial charge on any atom is 0.352 e. The molecule has 20 heavy (non-hydrogen) atoms. The van der Waals surface area contributed by atoms with Crippen LogP contribution in [0.5, 0.6) is 0 Å². The van der Waals surface area contributed by atoms with Gasteiger partial charge in [0.15, 0.2) is 5.82 Å². The standard InChI is InChI=1S/C9H12N6O4S/c1-4-7(9(16)17)11-5(2)8(4)20(18,19)10-3-6-12-14-15-13-6/h10-11H,3H2,1-2H3,(H,16,17)(H,12,13,14,15). The minimum absolute atomic E-state index is 0.0848. The van der Waals surface area contributed by atoms with E-state index in [1.54, 1.807) is 0 Å². The number of tetrazole rings is 1. The summed E-state index contributed by atoms with van der Waals surface area (Å²) in [6.45, 7) is 2.77. The Bertz CT molecular complexity index is 733. The number of aromatic amines is 2. The van der Waals surface area contributed by atoms with E-state index in [0.29, 0.717) is 0 Å². The summed E-state index contributed by atoms with van der Waals surface area (Å²) in [6, 6.07) is 0. The zero-order valence-corrected chi connectivity index (χ0v) is 11.4. The molecule has 0 bridgehead atoms. The topological polar surface area (TPSA) is 154 Å². The Morgan fingerprint density at radius 3 is 2.60 bits per heavy atom. The van der Waals surface area contributed by atoms with Gasteiger partial charge in [-0.1, -0.05) is 5.21 Å². The molecule has 2 rings (SSSR count). The van der Waals surface area contributed by atoms with Gasteiger partial charge in [-0.15, -0.1) is 10.2 Å². The molecule has 0 saturated heterocycles. The summed E-state index contributed by atoms with van der Waals surface area (Å²) >= 11 is 0. The predicted molar refractivity (Wildman–Crippen MR) is 65.4 cm³/mol. The molecule has 11 heteroatoms. The van der Waals surface area contributed by atoms with Crippen molar-refractivity contribution in [2.75, 3.05) is 0 Å². The Balaban J connectivity index is 2.32. The van der Waals surface area contributed by atoms with Gasteiger partial charge in [0.2, 0.25) is 10.0 Å². The summed E-state index contributed by atoms with van der Waals surface area (Å²) in [5.74, 6) is -1.04. The van der Waals surface area contributed by atoms with E-state index >= 15 is 0 Å². The zero-order valence-electron chi connectivity index (χ0n) is 10.6. The SMILES string of the molecule is Cc1[nH]c(C(=O)O)c(C)c1S(=O)(=O)NCc1nn[nH]n1. The van der Waals surface area contributed by atoms with E-state index < -0.39 is 16.0 Å². The third kappa shape index (κ3) is 2.53. The molecule has 0 saturated carbocycles. The highest BCUT2D eigenvalue weighted by Crippen LogP contribution is 2.23. The van der Waals surface area contributed by atoms with Crippen LogP contribution in [0.25, 0.3) is 0 Å². The van der Waals surface area contributed by atoms with Crippen LogP contribution in [0.15, 0.2) is 4.90 Å². The molecule has 0 aliphatic carbocycles. The molecule has 2 aromatic rings. The lowest BCUT2D eigenvalue weighted by Gasteiger charge is -2.05. The molecule has 0 amide bonds. The van der Waals surface area contributed by atoms with Gasteiger partial charge in [0.1, 0.15) is 10.6 Å². The molecule has 2 aromatic heterocycles. The zero-order chi connectivity index (χ0) is 14.9. The number of sulfonamides is 1. The van der Waals surface area contributed by atoms with E-state index in [2.05, 4.69) is 30.3 Å². The molecule has 0 spiro atoms. The fourth-order valence-electron chi connectivity index (χ4n) is 1.84. The number of carboxylic acid groups (broad SMARTS) is 1. The second kappa shape index (κ2) is 5.02. The smallest absolute Gasteiger partial charge is 0.352 e. The van der Waals surface area contributed by atoms with Crippen molar-refractivity contribution in [2.24, 2.45) is 0 Å². The minimum Gasteiger partial charge on any atom is -0.477 e. The number of aromatic carboxylic acids is 1. The summed E-state index contributed by atoms with van der Waals surface area (Å²) in [6.07, 6.45) is 0. The van der Waals surface area contributed by atoms with Crippen LogP contribution in [0.1, 0.15) is 27.6 Å². The van der Waals surface area contributed by atoms with Crippen LogP contribution >= 0.6 is 0 Å². The molecule has 0 aromatic carbocycles. The number of aryl methyl sites for hydroxylation is 1. The number of aromatic nitrogens is 5. The van der Waals surface area contributed by atoms with E-state index in [4.69, 9.17) is 5.11 Å². The van der Waals surface area contributed by atoms with Crippen molar-refractivity contribution in [1.29, 1.82) is 0 Å². The average Bonchev–Trinajstić information content (AvgIpc) is 2.95. The van der Waals surface area contributed by atoms with Gasteiger partial charge in [0, 0.05) is 11.3 Å². The maximum atomic E-state index is 12.2.